The molecule has 2 aliphatic heterocycles. The van der Waals surface area contributed by atoms with E-state index in [1.807, 2.05) is 31.5 Å². The summed E-state index contributed by atoms with van der Waals surface area (Å²) in [5, 5.41) is 0.713. The third-order valence-corrected chi connectivity index (χ3v) is 10.4. The van der Waals surface area contributed by atoms with Crippen molar-refractivity contribution in [2.75, 3.05) is 36.8 Å². The highest BCUT2D eigenvalue weighted by atomic mass is 32.2. The smallest absolute Gasteiger partial charge is 0.274 e. The lowest BCUT2D eigenvalue weighted by Gasteiger charge is -2.31. The van der Waals surface area contributed by atoms with Gasteiger partial charge in [0.05, 0.1) is 16.0 Å². The lowest BCUT2D eigenvalue weighted by Crippen LogP contribution is -2.39. The van der Waals surface area contributed by atoms with E-state index in [2.05, 4.69) is 27.0 Å². The van der Waals surface area contributed by atoms with Crippen LogP contribution in [0.3, 0.4) is 0 Å². The van der Waals surface area contributed by atoms with E-state index < -0.39 is 10.0 Å². The molecule has 0 spiro atoms. The molecule has 4 heterocycles. The minimum Gasteiger partial charge on any atom is -0.467 e. The number of hydrogen-bond acceptors (Lipinski definition) is 8. The highest BCUT2D eigenvalue weighted by Crippen LogP contribution is 2.39. The van der Waals surface area contributed by atoms with Crippen LogP contribution < -0.4 is 9.64 Å². The van der Waals surface area contributed by atoms with E-state index in [1.54, 1.807) is 15.6 Å². The number of hydrogen-bond donors (Lipinski definition) is 0. The van der Waals surface area contributed by atoms with Crippen LogP contribution in [0.2, 0.25) is 0 Å². The third kappa shape index (κ3) is 5.51. The monoisotopic (exact) mass is 539 g/mol. The van der Waals surface area contributed by atoms with Gasteiger partial charge in [0.25, 0.3) is 5.19 Å². The Bertz CT molecular complexity index is 1390. The average Bonchev–Trinajstić information content (AvgIpc) is 3.69. The molecule has 2 fully saturated rings. The zero-order chi connectivity index (χ0) is 25.4. The van der Waals surface area contributed by atoms with E-state index in [-0.39, 0.29) is 11.9 Å². The van der Waals surface area contributed by atoms with Gasteiger partial charge in [0.1, 0.15) is 6.10 Å². The fraction of sp³-hybridized carbons (Fsp3) is 0.519. The standard InChI is InChI=1S/C27H33N5O3S2/c1-2-15-37(33,34)32-13-7-20(8-14-32)21-5-6-24-25(16-21)36-27(30-24)35-23-9-11-31(12-10-23)26-28-17-22(18-29-26)19-3-4-19/h5-7,16-19,23H,2-4,8-15H2,1H3. The van der Waals surface area contributed by atoms with Crippen LogP contribution in [-0.4, -0.2) is 65.7 Å². The van der Waals surface area contributed by atoms with E-state index in [0.717, 1.165) is 54.1 Å². The molecule has 0 N–H and O–H groups in total. The summed E-state index contributed by atoms with van der Waals surface area (Å²) < 4.78 is 33.7. The Kier molecular flexibility index (Phi) is 6.89. The highest BCUT2D eigenvalue weighted by molar-refractivity contribution is 7.89. The Hall–Kier alpha value is -2.56. The Morgan fingerprint density at radius 1 is 1.08 bits per heavy atom. The molecule has 1 aliphatic carbocycles. The fourth-order valence-electron chi connectivity index (χ4n) is 5.14. The first-order chi connectivity index (χ1) is 18.0. The molecule has 0 bridgehead atoms. The molecule has 196 valence electrons. The Morgan fingerprint density at radius 3 is 2.54 bits per heavy atom. The predicted molar refractivity (Wildman–Crippen MR) is 148 cm³/mol. The van der Waals surface area contributed by atoms with Crippen LogP contribution in [0.15, 0.2) is 36.7 Å². The van der Waals surface area contributed by atoms with Crippen molar-refractivity contribution in [1.29, 1.82) is 0 Å². The molecule has 8 nitrogen and oxygen atoms in total. The molecule has 3 aliphatic rings. The van der Waals surface area contributed by atoms with Crippen LogP contribution in [0, 0.1) is 0 Å². The molecular formula is C27H33N5O3S2. The molecule has 1 saturated heterocycles. The molecular weight excluding hydrogens is 506 g/mol. The van der Waals surface area contributed by atoms with Crippen molar-refractivity contribution in [2.24, 2.45) is 0 Å². The van der Waals surface area contributed by atoms with Gasteiger partial charge >= 0.3 is 0 Å². The number of fused-ring (bicyclic) bond motifs is 1. The van der Waals surface area contributed by atoms with Crippen LogP contribution in [-0.2, 0) is 10.0 Å². The number of aromatic nitrogens is 3. The molecule has 1 saturated carbocycles. The number of anilines is 1. The molecule has 2 aromatic heterocycles. The van der Waals surface area contributed by atoms with Crippen molar-refractivity contribution in [1.82, 2.24) is 19.3 Å². The summed E-state index contributed by atoms with van der Waals surface area (Å²) in [5.41, 5.74) is 4.54. The molecule has 0 unspecified atom stereocenters. The first kappa shape index (κ1) is 24.8. The third-order valence-electron chi connectivity index (χ3n) is 7.47. The van der Waals surface area contributed by atoms with E-state index in [4.69, 9.17) is 9.72 Å². The van der Waals surface area contributed by atoms with Gasteiger partial charge in [0, 0.05) is 51.4 Å². The van der Waals surface area contributed by atoms with Crippen LogP contribution in [0.5, 0.6) is 5.19 Å². The quantitative estimate of drug-likeness (QED) is 0.405. The Labute approximate surface area is 222 Å². The molecule has 0 amide bonds. The first-order valence-corrected chi connectivity index (χ1v) is 15.7. The number of thiazole rings is 1. The summed E-state index contributed by atoms with van der Waals surface area (Å²) in [7, 11) is -3.15. The summed E-state index contributed by atoms with van der Waals surface area (Å²) in [4.78, 5) is 16.2. The molecule has 1 aromatic carbocycles. The maximum absolute atomic E-state index is 12.4. The van der Waals surface area contributed by atoms with E-state index >= 15 is 0 Å². The fourth-order valence-corrected chi connectivity index (χ4v) is 7.51. The normalized spacial score (nSPS) is 19.8. The number of ether oxygens (including phenoxy) is 1. The van der Waals surface area contributed by atoms with Gasteiger partial charge in [0.2, 0.25) is 16.0 Å². The predicted octanol–water partition coefficient (Wildman–Crippen LogP) is 4.84. The van der Waals surface area contributed by atoms with E-state index in [0.29, 0.717) is 30.6 Å². The number of piperidine rings is 1. The number of rotatable bonds is 8. The van der Waals surface area contributed by atoms with Crippen LogP contribution in [0.4, 0.5) is 5.95 Å². The summed E-state index contributed by atoms with van der Waals surface area (Å²) in [6, 6.07) is 6.29. The van der Waals surface area contributed by atoms with Gasteiger partial charge < -0.3 is 9.64 Å². The maximum atomic E-state index is 12.4. The van der Waals surface area contributed by atoms with Crippen LogP contribution >= 0.6 is 11.3 Å². The van der Waals surface area contributed by atoms with Gasteiger partial charge in [0.15, 0.2) is 0 Å². The molecule has 3 aromatic rings. The van der Waals surface area contributed by atoms with Crippen LogP contribution in [0.25, 0.3) is 15.8 Å². The summed E-state index contributed by atoms with van der Waals surface area (Å²) in [6.45, 7) is 4.64. The average molecular weight is 540 g/mol. The molecule has 0 radical (unpaired) electrons. The van der Waals surface area contributed by atoms with E-state index in [1.165, 1.54) is 24.0 Å². The first-order valence-electron chi connectivity index (χ1n) is 13.3. The van der Waals surface area contributed by atoms with Crippen molar-refractivity contribution in [3.05, 3.63) is 47.8 Å². The number of nitrogens with zero attached hydrogens (tertiary/aromatic N) is 5. The Morgan fingerprint density at radius 2 is 1.86 bits per heavy atom. The minimum absolute atomic E-state index is 0.138. The Balaban J connectivity index is 1.06. The minimum atomic E-state index is -3.15. The van der Waals surface area contributed by atoms with Crippen molar-refractivity contribution in [2.45, 2.75) is 57.5 Å². The van der Waals surface area contributed by atoms with Crippen molar-refractivity contribution in [3.63, 3.8) is 0 Å². The SMILES string of the molecule is CCCS(=O)(=O)N1CC=C(c2ccc3nc(OC4CCN(c5ncc(C6CC6)cn5)CC4)sc3c2)CC1. The van der Waals surface area contributed by atoms with Crippen molar-refractivity contribution < 1.29 is 13.2 Å². The van der Waals surface area contributed by atoms with Crippen molar-refractivity contribution in [3.8, 4) is 5.19 Å². The van der Waals surface area contributed by atoms with Gasteiger partial charge in [-0.25, -0.2) is 23.4 Å². The van der Waals surface area contributed by atoms with Gasteiger partial charge in [-0.2, -0.15) is 4.31 Å². The van der Waals surface area contributed by atoms with Crippen LogP contribution in [0.1, 0.15) is 62.5 Å². The second-order valence-electron chi connectivity index (χ2n) is 10.2. The second kappa shape index (κ2) is 10.3. The second-order valence-corrected chi connectivity index (χ2v) is 13.3. The van der Waals surface area contributed by atoms with Gasteiger partial charge in [-0.05, 0) is 60.4 Å². The van der Waals surface area contributed by atoms with Gasteiger partial charge in [-0.15, -0.1) is 0 Å². The maximum Gasteiger partial charge on any atom is 0.274 e. The molecule has 37 heavy (non-hydrogen) atoms. The van der Waals surface area contributed by atoms with E-state index in [9.17, 15) is 8.42 Å². The lowest BCUT2D eigenvalue weighted by molar-refractivity contribution is 0.170. The molecule has 0 atom stereocenters. The molecule has 6 rings (SSSR count). The van der Waals surface area contributed by atoms with Gasteiger partial charge in [-0.3, -0.25) is 0 Å². The number of benzene rings is 1. The zero-order valence-corrected chi connectivity index (χ0v) is 22.8. The lowest BCUT2D eigenvalue weighted by atomic mass is 10.0. The molecule has 10 heteroatoms. The summed E-state index contributed by atoms with van der Waals surface area (Å²) in [6.07, 6.45) is 11.9. The van der Waals surface area contributed by atoms with Crippen molar-refractivity contribution >= 4 is 43.1 Å². The zero-order valence-electron chi connectivity index (χ0n) is 21.2. The largest absolute Gasteiger partial charge is 0.467 e. The summed E-state index contributed by atoms with van der Waals surface area (Å²) in [5.74, 6) is 1.71. The summed E-state index contributed by atoms with van der Waals surface area (Å²) >= 11 is 1.58. The topological polar surface area (TPSA) is 88.5 Å². The number of sulfonamides is 1. The highest BCUT2D eigenvalue weighted by Gasteiger charge is 2.27. The van der Waals surface area contributed by atoms with Gasteiger partial charge in [-0.1, -0.05) is 30.4 Å².